The van der Waals surface area contributed by atoms with E-state index in [9.17, 15) is 4.79 Å². The van der Waals surface area contributed by atoms with Crippen molar-refractivity contribution in [3.05, 3.63) is 47.5 Å². The highest BCUT2D eigenvalue weighted by molar-refractivity contribution is 5.84. The maximum atomic E-state index is 13.3. The van der Waals surface area contributed by atoms with Gasteiger partial charge in [-0.3, -0.25) is 4.79 Å². The summed E-state index contributed by atoms with van der Waals surface area (Å²) >= 11 is 0. The number of ketones is 1. The molecule has 4 aliphatic carbocycles. The minimum atomic E-state index is -0.192. The summed E-state index contributed by atoms with van der Waals surface area (Å²) in [5.41, 5.74) is 3.29. The Morgan fingerprint density at radius 2 is 1.77 bits per heavy atom. The number of allylic oxidation sites excluding steroid dienone is 1. The number of methoxy groups -OCH3 is 1. The Bertz CT molecular complexity index is 872. The van der Waals surface area contributed by atoms with E-state index in [-0.39, 0.29) is 10.8 Å². The van der Waals surface area contributed by atoms with Crippen molar-refractivity contribution in [2.45, 2.75) is 84.7 Å². The summed E-state index contributed by atoms with van der Waals surface area (Å²) in [6, 6.07) is 10.8. The van der Waals surface area contributed by atoms with Crippen LogP contribution in [0.5, 0.6) is 0 Å². The predicted molar refractivity (Wildman–Crippen MR) is 126 cm³/mol. The van der Waals surface area contributed by atoms with Crippen LogP contribution in [0.1, 0.15) is 77.7 Å². The van der Waals surface area contributed by atoms with E-state index in [1.165, 1.54) is 44.1 Å². The maximum Gasteiger partial charge on any atom is 0.136 e. The lowest BCUT2D eigenvalue weighted by molar-refractivity contribution is -0.140. The molecule has 0 amide bonds. The third kappa shape index (κ3) is 3.04. The van der Waals surface area contributed by atoms with E-state index in [0.29, 0.717) is 23.2 Å². The van der Waals surface area contributed by atoms with Crippen LogP contribution >= 0.6 is 0 Å². The first-order chi connectivity index (χ1) is 14.8. The molecule has 0 bridgehead atoms. The van der Waals surface area contributed by atoms with Crippen molar-refractivity contribution in [3.8, 4) is 0 Å². The van der Waals surface area contributed by atoms with Crippen molar-refractivity contribution in [3.63, 3.8) is 0 Å². The molecule has 2 heteroatoms. The zero-order valence-electron chi connectivity index (χ0n) is 20.0. The first-order valence-corrected chi connectivity index (χ1v) is 12.6. The van der Waals surface area contributed by atoms with Gasteiger partial charge in [-0.25, -0.2) is 0 Å². The quantitative estimate of drug-likeness (QED) is 0.502. The maximum absolute atomic E-state index is 13.3. The van der Waals surface area contributed by atoms with Crippen molar-refractivity contribution < 1.29 is 9.53 Å². The molecule has 0 radical (unpaired) electrons. The summed E-state index contributed by atoms with van der Waals surface area (Å²) in [5, 5.41) is 0. The van der Waals surface area contributed by atoms with Crippen LogP contribution in [0.2, 0.25) is 0 Å². The molecule has 1 aromatic rings. The number of hydrogen-bond donors (Lipinski definition) is 0. The average Bonchev–Trinajstić information content (AvgIpc) is 3.07. The van der Waals surface area contributed by atoms with Crippen LogP contribution in [-0.2, 0) is 16.0 Å². The van der Waals surface area contributed by atoms with Gasteiger partial charge in [0.25, 0.3) is 0 Å². The summed E-state index contributed by atoms with van der Waals surface area (Å²) in [6.45, 7) is 6.94. The van der Waals surface area contributed by atoms with Gasteiger partial charge < -0.3 is 4.74 Å². The molecule has 0 saturated heterocycles. The lowest BCUT2D eigenvalue weighted by atomic mass is 9.45. The van der Waals surface area contributed by atoms with Crippen molar-refractivity contribution >= 4 is 5.78 Å². The molecule has 2 nitrogen and oxygen atoms in total. The number of Topliss-reactive ketones (excluding diaryl/α,β-unsaturated/α-hetero) is 1. The molecule has 5 rings (SSSR count). The molecular formula is C29H40O2. The van der Waals surface area contributed by atoms with E-state index in [1.807, 2.05) is 14.0 Å². The van der Waals surface area contributed by atoms with Crippen LogP contribution in [0.3, 0.4) is 0 Å². The summed E-state index contributed by atoms with van der Waals surface area (Å²) in [5.74, 6) is 2.62. The monoisotopic (exact) mass is 420 g/mol. The van der Waals surface area contributed by atoms with E-state index in [0.717, 1.165) is 31.1 Å². The number of ether oxygens (including phenoxy) is 1. The first-order valence-electron chi connectivity index (χ1n) is 12.6. The van der Waals surface area contributed by atoms with Gasteiger partial charge in [-0.05, 0) is 98.9 Å². The molecule has 0 spiro atoms. The lowest BCUT2D eigenvalue weighted by Gasteiger charge is -2.59. The molecule has 31 heavy (non-hydrogen) atoms. The third-order valence-electron chi connectivity index (χ3n) is 10.8. The van der Waals surface area contributed by atoms with Gasteiger partial charge in [0.15, 0.2) is 0 Å². The van der Waals surface area contributed by atoms with Gasteiger partial charge in [-0.2, -0.15) is 0 Å². The highest BCUT2D eigenvalue weighted by Gasteiger charge is 2.65. The van der Waals surface area contributed by atoms with Gasteiger partial charge >= 0.3 is 0 Å². The van der Waals surface area contributed by atoms with Crippen LogP contribution in [-0.4, -0.2) is 19.0 Å². The van der Waals surface area contributed by atoms with Crippen molar-refractivity contribution in [1.29, 1.82) is 0 Å². The SMILES string of the molecule is COC1CCC2(C)C(=CCC3C2CCC2(C)C3CCC2(Cc2ccccc2)C(C)=O)C1. The average molecular weight is 421 g/mol. The Morgan fingerprint density at radius 3 is 2.48 bits per heavy atom. The second-order valence-corrected chi connectivity index (χ2v) is 11.7. The van der Waals surface area contributed by atoms with Gasteiger partial charge in [0.2, 0.25) is 0 Å². The van der Waals surface area contributed by atoms with Crippen LogP contribution in [0.4, 0.5) is 0 Å². The highest BCUT2D eigenvalue weighted by atomic mass is 16.5. The Labute approximate surface area is 188 Å². The van der Waals surface area contributed by atoms with E-state index >= 15 is 0 Å². The molecule has 3 saturated carbocycles. The molecule has 7 atom stereocenters. The summed E-state index contributed by atoms with van der Waals surface area (Å²) in [7, 11) is 1.87. The first kappa shape index (κ1) is 21.4. The molecule has 0 heterocycles. The standard InChI is InChI=1S/C29H40O2/c1-20(30)29(19-21-8-6-5-7-9-21)17-14-26-24-11-10-22-18-23(31-4)12-15-27(22,2)25(24)13-16-28(26,29)3/h5-10,23-26H,11-19H2,1-4H3. The normalized spacial score (nSPS) is 44.1. The Kier molecular flexibility index (Phi) is 5.24. The summed E-state index contributed by atoms with van der Waals surface area (Å²) in [4.78, 5) is 13.3. The molecule has 4 aliphatic rings. The lowest BCUT2D eigenvalue weighted by Crippen LogP contribution is -2.54. The Morgan fingerprint density at radius 1 is 1.03 bits per heavy atom. The third-order valence-corrected chi connectivity index (χ3v) is 10.8. The zero-order chi connectivity index (χ0) is 21.9. The Balaban J connectivity index is 1.48. The van der Waals surface area contributed by atoms with Gasteiger partial charge in [-0.15, -0.1) is 0 Å². The molecule has 0 N–H and O–H groups in total. The van der Waals surface area contributed by atoms with Crippen LogP contribution in [0.15, 0.2) is 42.0 Å². The number of carbonyl (C=O) groups is 1. The predicted octanol–water partition coefficient (Wildman–Crippen LogP) is 6.78. The van der Waals surface area contributed by atoms with E-state index < -0.39 is 0 Å². The number of rotatable bonds is 4. The fourth-order valence-electron chi connectivity index (χ4n) is 8.90. The van der Waals surface area contributed by atoms with Crippen molar-refractivity contribution in [2.24, 2.45) is 34.0 Å². The van der Waals surface area contributed by atoms with Crippen molar-refractivity contribution in [2.75, 3.05) is 7.11 Å². The zero-order valence-corrected chi connectivity index (χ0v) is 20.0. The molecule has 7 unspecified atom stereocenters. The van der Waals surface area contributed by atoms with Gasteiger partial charge in [0.05, 0.1) is 6.10 Å². The highest BCUT2D eigenvalue weighted by Crippen LogP contribution is 2.70. The molecule has 3 fully saturated rings. The fourth-order valence-corrected chi connectivity index (χ4v) is 8.90. The molecule has 168 valence electrons. The summed E-state index contributed by atoms with van der Waals surface area (Å²) < 4.78 is 5.74. The minimum Gasteiger partial charge on any atom is -0.381 e. The molecule has 0 aliphatic heterocycles. The number of hydrogen-bond acceptors (Lipinski definition) is 2. The molecule has 0 aromatic heterocycles. The van der Waals surface area contributed by atoms with Crippen LogP contribution in [0.25, 0.3) is 0 Å². The van der Waals surface area contributed by atoms with Gasteiger partial charge in [0.1, 0.15) is 5.78 Å². The van der Waals surface area contributed by atoms with E-state index in [4.69, 9.17) is 4.74 Å². The van der Waals surface area contributed by atoms with Crippen LogP contribution in [0, 0.1) is 34.0 Å². The van der Waals surface area contributed by atoms with Crippen molar-refractivity contribution in [1.82, 2.24) is 0 Å². The number of benzene rings is 1. The van der Waals surface area contributed by atoms with Gasteiger partial charge in [0, 0.05) is 12.5 Å². The minimum absolute atomic E-state index is 0.126. The van der Waals surface area contributed by atoms with E-state index in [1.54, 1.807) is 5.57 Å². The number of carbonyl (C=O) groups excluding carboxylic acids is 1. The second-order valence-electron chi connectivity index (χ2n) is 11.7. The summed E-state index contributed by atoms with van der Waals surface area (Å²) in [6.07, 6.45) is 13.5. The molecular weight excluding hydrogens is 380 g/mol. The fraction of sp³-hybridized carbons (Fsp3) is 0.690. The van der Waals surface area contributed by atoms with Crippen LogP contribution < -0.4 is 0 Å². The second kappa shape index (κ2) is 7.58. The van der Waals surface area contributed by atoms with Gasteiger partial charge in [-0.1, -0.05) is 55.8 Å². The van der Waals surface area contributed by atoms with E-state index in [2.05, 4.69) is 50.3 Å². The molecule has 1 aromatic carbocycles. The number of fused-ring (bicyclic) bond motifs is 5. The Hall–Kier alpha value is -1.41. The smallest absolute Gasteiger partial charge is 0.136 e. The largest absolute Gasteiger partial charge is 0.381 e. The topological polar surface area (TPSA) is 26.3 Å².